The van der Waals surface area contributed by atoms with Gasteiger partial charge in [0.25, 0.3) is 0 Å². The zero-order chi connectivity index (χ0) is 14.0. The highest BCUT2D eigenvalue weighted by Gasteiger charge is 2.31. The molecular formula is C13H17ClN2O3. The van der Waals surface area contributed by atoms with Crippen LogP contribution in [0.5, 0.6) is 11.5 Å². The van der Waals surface area contributed by atoms with Crippen LogP contribution in [0.1, 0.15) is 6.42 Å². The molecule has 0 aliphatic carbocycles. The lowest BCUT2D eigenvalue weighted by atomic mass is 10.1. The molecule has 19 heavy (non-hydrogen) atoms. The summed E-state index contributed by atoms with van der Waals surface area (Å²) in [7, 11) is 3.08. The summed E-state index contributed by atoms with van der Waals surface area (Å²) >= 11 is 6.05. The van der Waals surface area contributed by atoms with E-state index in [2.05, 4.69) is 0 Å². The van der Waals surface area contributed by atoms with Crippen molar-refractivity contribution < 1.29 is 14.3 Å². The second-order valence-electron chi connectivity index (χ2n) is 4.47. The van der Waals surface area contributed by atoms with Crippen LogP contribution >= 0.6 is 11.6 Å². The fourth-order valence-electron chi connectivity index (χ4n) is 2.23. The number of amides is 1. The van der Waals surface area contributed by atoms with E-state index in [9.17, 15) is 4.79 Å². The molecule has 1 aliphatic heterocycles. The first-order chi connectivity index (χ1) is 9.10. The molecule has 0 spiro atoms. The maximum atomic E-state index is 12.0. The molecule has 0 saturated carbocycles. The molecule has 1 fully saturated rings. The van der Waals surface area contributed by atoms with Crippen molar-refractivity contribution in [1.82, 2.24) is 0 Å². The molecule has 0 radical (unpaired) electrons. The van der Waals surface area contributed by atoms with Crippen LogP contribution in [0.4, 0.5) is 5.69 Å². The predicted octanol–water partition coefficient (Wildman–Crippen LogP) is 1.67. The largest absolute Gasteiger partial charge is 0.495 e. The molecule has 0 aromatic heterocycles. The predicted molar refractivity (Wildman–Crippen MR) is 74.1 cm³/mol. The van der Waals surface area contributed by atoms with Crippen molar-refractivity contribution >= 4 is 23.2 Å². The summed E-state index contributed by atoms with van der Waals surface area (Å²) in [6, 6.07) is 3.37. The minimum atomic E-state index is 0.0399. The van der Waals surface area contributed by atoms with Crippen LogP contribution in [-0.4, -0.2) is 33.2 Å². The lowest BCUT2D eigenvalue weighted by Crippen LogP contribution is -2.26. The van der Waals surface area contributed by atoms with Crippen LogP contribution in [0, 0.1) is 5.92 Å². The van der Waals surface area contributed by atoms with E-state index >= 15 is 0 Å². The van der Waals surface area contributed by atoms with Crippen molar-refractivity contribution in [2.75, 3.05) is 32.2 Å². The summed E-state index contributed by atoms with van der Waals surface area (Å²) in [5, 5.41) is 0.449. The summed E-state index contributed by atoms with van der Waals surface area (Å²) in [5.41, 5.74) is 6.30. The Kier molecular flexibility index (Phi) is 4.17. The molecule has 1 atom stereocenters. The number of hydrogen-bond donors (Lipinski definition) is 1. The summed E-state index contributed by atoms with van der Waals surface area (Å²) in [6.07, 6.45) is 0.463. The molecule has 1 saturated heterocycles. The second kappa shape index (κ2) is 5.67. The highest BCUT2D eigenvalue weighted by Crippen LogP contribution is 2.40. The number of anilines is 1. The van der Waals surface area contributed by atoms with Gasteiger partial charge in [0.2, 0.25) is 5.91 Å². The van der Waals surface area contributed by atoms with Gasteiger partial charge in [-0.1, -0.05) is 11.6 Å². The van der Waals surface area contributed by atoms with Crippen LogP contribution in [0.25, 0.3) is 0 Å². The Morgan fingerprint density at radius 3 is 2.58 bits per heavy atom. The number of carbonyl (C=O) groups is 1. The number of halogens is 1. The van der Waals surface area contributed by atoms with Gasteiger partial charge in [-0.25, -0.2) is 0 Å². The van der Waals surface area contributed by atoms with Gasteiger partial charge in [-0.15, -0.1) is 0 Å². The fourth-order valence-corrected chi connectivity index (χ4v) is 2.46. The van der Waals surface area contributed by atoms with E-state index in [1.165, 1.54) is 7.11 Å². The lowest BCUT2D eigenvalue weighted by molar-refractivity contribution is -0.117. The van der Waals surface area contributed by atoms with E-state index < -0.39 is 0 Å². The molecule has 1 unspecified atom stereocenters. The van der Waals surface area contributed by atoms with Gasteiger partial charge in [-0.3, -0.25) is 4.79 Å². The van der Waals surface area contributed by atoms with Crippen LogP contribution in [0.3, 0.4) is 0 Å². The van der Waals surface area contributed by atoms with Gasteiger partial charge in [-0.2, -0.15) is 0 Å². The van der Waals surface area contributed by atoms with Crippen LogP contribution in [-0.2, 0) is 4.79 Å². The van der Waals surface area contributed by atoms with E-state index in [1.807, 2.05) is 0 Å². The molecule has 2 N–H and O–H groups in total. The third kappa shape index (κ3) is 2.62. The first-order valence-electron chi connectivity index (χ1n) is 6.02. The van der Waals surface area contributed by atoms with Crippen molar-refractivity contribution in [1.29, 1.82) is 0 Å². The van der Waals surface area contributed by atoms with E-state index in [4.69, 9.17) is 26.8 Å². The summed E-state index contributed by atoms with van der Waals surface area (Å²) < 4.78 is 10.5. The third-order valence-electron chi connectivity index (χ3n) is 3.28. The molecule has 1 amide bonds. The smallest absolute Gasteiger partial charge is 0.227 e. The highest BCUT2D eigenvalue weighted by atomic mass is 35.5. The molecule has 0 bridgehead atoms. The van der Waals surface area contributed by atoms with E-state index in [1.54, 1.807) is 24.1 Å². The molecule has 104 valence electrons. The molecule has 1 aliphatic rings. The number of benzene rings is 1. The zero-order valence-corrected chi connectivity index (χ0v) is 11.7. The van der Waals surface area contributed by atoms with Crippen molar-refractivity contribution in [3.63, 3.8) is 0 Å². The molecule has 2 rings (SSSR count). The van der Waals surface area contributed by atoms with E-state index in [-0.39, 0.29) is 11.8 Å². The summed E-state index contributed by atoms with van der Waals surface area (Å²) in [6.45, 7) is 1.09. The van der Waals surface area contributed by atoms with Gasteiger partial charge in [0, 0.05) is 25.1 Å². The maximum Gasteiger partial charge on any atom is 0.227 e. The Morgan fingerprint density at radius 2 is 2.05 bits per heavy atom. The third-order valence-corrected chi connectivity index (χ3v) is 3.58. The molecular weight excluding hydrogens is 268 g/mol. The van der Waals surface area contributed by atoms with Crippen molar-refractivity contribution in [3.05, 3.63) is 17.2 Å². The average molecular weight is 285 g/mol. The van der Waals surface area contributed by atoms with Gasteiger partial charge in [-0.05, 0) is 12.5 Å². The number of rotatable bonds is 4. The lowest BCUT2D eigenvalue weighted by Gasteiger charge is -2.21. The first kappa shape index (κ1) is 14.0. The number of nitrogens with two attached hydrogens (primary N) is 1. The van der Waals surface area contributed by atoms with Gasteiger partial charge >= 0.3 is 0 Å². The Bertz CT molecular complexity index is 493. The van der Waals surface area contributed by atoms with Crippen LogP contribution in [0.2, 0.25) is 5.02 Å². The minimum Gasteiger partial charge on any atom is -0.495 e. The Balaban J connectivity index is 2.40. The average Bonchev–Trinajstić information content (AvgIpc) is 2.79. The maximum absolute atomic E-state index is 12.0. The van der Waals surface area contributed by atoms with Crippen LogP contribution in [0.15, 0.2) is 12.1 Å². The monoisotopic (exact) mass is 284 g/mol. The minimum absolute atomic E-state index is 0.0399. The fraction of sp³-hybridized carbons (Fsp3) is 0.462. The summed E-state index contributed by atoms with van der Waals surface area (Å²) in [4.78, 5) is 13.7. The molecule has 5 nitrogen and oxygen atoms in total. The number of nitrogens with zero attached hydrogens (tertiary/aromatic N) is 1. The quantitative estimate of drug-likeness (QED) is 0.913. The second-order valence-corrected chi connectivity index (χ2v) is 4.88. The van der Waals surface area contributed by atoms with Gasteiger partial charge in [0.1, 0.15) is 11.5 Å². The Morgan fingerprint density at radius 1 is 1.37 bits per heavy atom. The number of hydrogen-bond acceptors (Lipinski definition) is 4. The summed E-state index contributed by atoms with van der Waals surface area (Å²) in [5.74, 6) is 1.29. The molecule has 1 heterocycles. The Labute approximate surface area is 117 Å². The first-order valence-corrected chi connectivity index (χ1v) is 6.40. The topological polar surface area (TPSA) is 64.8 Å². The SMILES string of the molecule is COc1cc(N2CC(CN)CC2=O)c(OC)cc1Cl. The van der Waals surface area contributed by atoms with E-state index in [0.29, 0.717) is 41.7 Å². The molecule has 6 heteroatoms. The number of carbonyl (C=O) groups excluding carboxylic acids is 1. The highest BCUT2D eigenvalue weighted by molar-refractivity contribution is 6.32. The van der Waals surface area contributed by atoms with Crippen LogP contribution < -0.4 is 20.1 Å². The Hall–Kier alpha value is -1.46. The zero-order valence-electron chi connectivity index (χ0n) is 11.0. The molecule has 1 aromatic carbocycles. The number of methoxy groups -OCH3 is 2. The normalized spacial score (nSPS) is 18.8. The van der Waals surface area contributed by atoms with Gasteiger partial charge in [0.15, 0.2) is 0 Å². The van der Waals surface area contributed by atoms with Crippen molar-refractivity contribution in [2.45, 2.75) is 6.42 Å². The van der Waals surface area contributed by atoms with Crippen molar-refractivity contribution in [3.8, 4) is 11.5 Å². The van der Waals surface area contributed by atoms with E-state index in [0.717, 1.165) is 0 Å². The molecule has 1 aromatic rings. The van der Waals surface area contributed by atoms with Gasteiger partial charge < -0.3 is 20.1 Å². The number of ether oxygens (including phenoxy) is 2. The van der Waals surface area contributed by atoms with Gasteiger partial charge in [0.05, 0.1) is 24.9 Å². The standard InChI is InChI=1S/C13H17ClN2O3/c1-18-11-5-10(12(19-2)4-9(11)14)16-7-8(6-15)3-13(16)17/h4-5,8H,3,6-7,15H2,1-2H3. The van der Waals surface area contributed by atoms with Crippen molar-refractivity contribution in [2.24, 2.45) is 11.7 Å².